The summed E-state index contributed by atoms with van der Waals surface area (Å²) in [6.45, 7) is 9.24. The summed E-state index contributed by atoms with van der Waals surface area (Å²) in [5.41, 5.74) is -0.779. The van der Waals surface area contributed by atoms with Crippen molar-refractivity contribution in [2.75, 3.05) is 14.2 Å². The molecule has 5 nitrogen and oxygen atoms in total. The lowest BCUT2D eigenvalue weighted by Crippen LogP contribution is -2.57. The van der Waals surface area contributed by atoms with Crippen molar-refractivity contribution in [3.8, 4) is 0 Å². The molecule has 2 bridgehead atoms. The second kappa shape index (κ2) is 4.55. The zero-order valence-electron chi connectivity index (χ0n) is 13.0. The van der Waals surface area contributed by atoms with E-state index in [-0.39, 0.29) is 16.9 Å². The smallest absolute Gasteiger partial charge is 0.335 e. The third-order valence-corrected chi connectivity index (χ3v) is 4.70. The van der Waals surface area contributed by atoms with Crippen molar-refractivity contribution in [1.29, 1.82) is 0 Å². The van der Waals surface area contributed by atoms with Crippen LogP contribution in [0.25, 0.3) is 0 Å². The van der Waals surface area contributed by atoms with Crippen LogP contribution >= 0.6 is 0 Å². The average molecular weight is 292 g/mol. The second-order valence-corrected chi connectivity index (χ2v) is 6.42. The van der Waals surface area contributed by atoms with E-state index < -0.39 is 28.7 Å². The van der Waals surface area contributed by atoms with E-state index in [1.165, 1.54) is 14.2 Å². The van der Waals surface area contributed by atoms with Gasteiger partial charge in [-0.15, -0.1) is 0 Å². The van der Waals surface area contributed by atoms with Crippen LogP contribution in [-0.2, 0) is 23.9 Å². The Morgan fingerprint density at radius 2 is 1.67 bits per heavy atom. The fourth-order valence-corrected chi connectivity index (χ4v) is 3.96. The van der Waals surface area contributed by atoms with Gasteiger partial charge in [0.2, 0.25) is 0 Å². The Kier molecular flexibility index (Phi) is 3.35. The average Bonchev–Trinajstić information content (AvgIpc) is 2.42. The summed E-state index contributed by atoms with van der Waals surface area (Å²) >= 11 is 0. The first-order valence-electron chi connectivity index (χ1n) is 6.76. The third-order valence-electron chi connectivity index (χ3n) is 4.70. The third kappa shape index (κ3) is 1.79. The molecular formula is C16H20O5. The maximum absolute atomic E-state index is 12.8. The number of allylic oxidation sites excluding steroid dienone is 1. The summed E-state index contributed by atoms with van der Waals surface area (Å²) < 4.78 is 9.63. The van der Waals surface area contributed by atoms with Crippen LogP contribution in [-0.4, -0.2) is 31.9 Å². The standard InChI is InChI=1S/C16H20O5/c1-8-7-16(4)11(13(18)21-6)9(12(17)20-5)10(8)15(2,3)14(16)19/h10H,1,7H2,2-6H3/t10-,16-/m0/s1. The zero-order chi connectivity index (χ0) is 16.2. The number of carbonyl (C=O) groups excluding carboxylic acids is 3. The van der Waals surface area contributed by atoms with Crippen LogP contribution in [0.5, 0.6) is 0 Å². The minimum Gasteiger partial charge on any atom is -0.466 e. The minimum atomic E-state index is -1.09. The summed E-state index contributed by atoms with van der Waals surface area (Å²) in [5.74, 6) is -1.85. The highest BCUT2D eigenvalue weighted by Crippen LogP contribution is 2.60. The summed E-state index contributed by atoms with van der Waals surface area (Å²) in [6.07, 6.45) is 0.352. The molecule has 1 saturated carbocycles. The fraction of sp³-hybridized carbons (Fsp3) is 0.562. The quantitative estimate of drug-likeness (QED) is 0.573. The van der Waals surface area contributed by atoms with Crippen molar-refractivity contribution in [3.05, 3.63) is 23.3 Å². The number of Topliss-reactive ketones (excluding diaryl/α,β-unsaturated/α-hetero) is 1. The highest BCUT2D eigenvalue weighted by Gasteiger charge is 2.63. The van der Waals surface area contributed by atoms with Gasteiger partial charge in [0, 0.05) is 11.3 Å². The molecule has 0 aromatic rings. The van der Waals surface area contributed by atoms with Crippen molar-refractivity contribution in [3.63, 3.8) is 0 Å². The largest absolute Gasteiger partial charge is 0.466 e. The van der Waals surface area contributed by atoms with E-state index in [1.807, 2.05) is 0 Å². The van der Waals surface area contributed by atoms with Crippen molar-refractivity contribution < 1.29 is 23.9 Å². The van der Waals surface area contributed by atoms with Crippen LogP contribution in [0.15, 0.2) is 23.3 Å². The number of ether oxygens (including phenoxy) is 2. The van der Waals surface area contributed by atoms with Crippen LogP contribution in [0, 0.1) is 16.7 Å². The van der Waals surface area contributed by atoms with Crippen LogP contribution < -0.4 is 0 Å². The molecule has 0 heterocycles. The molecule has 0 amide bonds. The lowest BCUT2D eigenvalue weighted by Gasteiger charge is -2.53. The Hall–Kier alpha value is -1.91. The molecule has 0 aromatic carbocycles. The number of carbonyl (C=O) groups is 3. The van der Waals surface area contributed by atoms with Crippen molar-refractivity contribution in [2.45, 2.75) is 27.2 Å². The predicted octanol–water partition coefficient (Wildman–Crippen LogP) is 1.82. The molecule has 3 aliphatic carbocycles. The lowest BCUT2D eigenvalue weighted by atomic mass is 9.47. The van der Waals surface area contributed by atoms with E-state index in [4.69, 9.17) is 9.47 Å². The Morgan fingerprint density at radius 1 is 1.14 bits per heavy atom. The molecule has 0 saturated heterocycles. The molecule has 0 aromatic heterocycles. The van der Waals surface area contributed by atoms with Gasteiger partial charge < -0.3 is 9.47 Å². The van der Waals surface area contributed by atoms with Gasteiger partial charge >= 0.3 is 11.9 Å². The van der Waals surface area contributed by atoms with Crippen LogP contribution in [0.1, 0.15) is 27.2 Å². The van der Waals surface area contributed by atoms with Crippen molar-refractivity contribution in [2.24, 2.45) is 16.7 Å². The molecule has 21 heavy (non-hydrogen) atoms. The maximum atomic E-state index is 12.8. The Balaban J connectivity index is 2.85. The molecule has 0 N–H and O–H groups in total. The minimum absolute atomic E-state index is 0.0690. The van der Waals surface area contributed by atoms with E-state index in [0.29, 0.717) is 6.42 Å². The Labute approximate surface area is 124 Å². The Morgan fingerprint density at radius 3 is 2.14 bits per heavy atom. The van der Waals surface area contributed by atoms with Crippen LogP contribution in [0.2, 0.25) is 0 Å². The first kappa shape index (κ1) is 15.5. The van der Waals surface area contributed by atoms with Gasteiger partial charge in [0.1, 0.15) is 5.78 Å². The molecule has 3 aliphatic rings. The summed E-state index contributed by atoms with van der Waals surface area (Å²) in [6, 6.07) is 0. The highest BCUT2D eigenvalue weighted by molar-refractivity contribution is 6.12. The summed E-state index contributed by atoms with van der Waals surface area (Å²) in [5, 5.41) is 0. The Bertz CT molecular complexity index is 596. The van der Waals surface area contributed by atoms with E-state index in [1.54, 1.807) is 20.8 Å². The van der Waals surface area contributed by atoms with Gasteiger partial charge in [0.15, 0.2) is 0 Å². The van der Waals surface area contributed by atoms with E-state index >= 15 is 0 Å². The number of esters is 2. The molecule has 3 rings (SSSR count). The van der Waals surface area contributed by atoms with E-state index in [0.717, 1.165) is 5.57 Å². The highest BCUT2D eigenvalue weighted by atomic mass is 16.5. The first-order valence-corrected chi connectivity index (χ1v) is 6.76. The van der Waals surface area contributed by atoms with Crippen LogP contribution in [0.4, 0.5) is 0 Å². The molecule has 0 spiro atoms. The maximum Gasteiger partial charge on any atom is 0.335 e. The number of fused-ring (bicyclic) bond motifs is 2. The number of methoxy groups -OCH3 is 2. The van der Waals surface area contributed by atoms with Gasteiger partial charge in [-0.3, -0.25) is 4.79 Å². The summed E-state index contributed by atoms with van der Waals surface area (Å²) in [4.78, 5) is 37.2. The molecule has 0 aliphatic heterocycles. The molecule has 5 heteroatoms. The monoisotopic (exact) mass is 292 g/mol. The molecule has 0 unspecified atom stereocenters. The lowest BCUT2D eigenvalue weighted by molar-refractivity contribution is -0.150. The predicted molar refractivity (Wildman–Crippen MR) is 75.2 cm³/mol. The molecule has 114 valence electrons. The normalized spacial score (nSPS) is 30.4. The van der Waals surface area contributed by atoms with Crippen LogP contribution in [0.3, 0.4) is 0 Å². The van der Waals surface area contributed by atoms with Gasteiger partial charge in [0.05, 0.1) is 30.8 Å². The van der Waals surface area contributed by atoms with Gasteiger partial charge in [-0.2, -0.15) is 0 Å². The second-order valence-electron chi connectivity index (χ2n) is 6.42. The van der Waals surface area contributed by atoms with Gasteiger partial charge in [-0.1, -0.05) is 26.0 Å². The van der Waals surface area contributed by atoms with Gasteiger partial charge in [-0.25, -0.2) is 9.59 Å². The van der Waals surface area contributed by atoms with Crippen molar-refractivity contribution in [1.82, 2.24) is 0 Å². The van der Waals surface area contributed by atoms with E-state index in [2.05, 4.69) is 6.58 Å². The number of rotatable bonds is 2. The SMILES string of the molecule is C=C1C[C@]2(C)C(=O)C(C)(C)[C@@H]1C(C(=O)OC)=C2C(=O)OC. The number of ketones is 1. The van der Waals surface area contributed by atoms with Crippen molar-refractivity contribution >= 4 is 17.7 Å². The topological polar surface area (TPSA) is 69.7 Å². The van der Waals surface area contributed by atoms with E-state index in [9.17, 15) is 14.4 Å². The fourth-order valence-electron chi connectivity index (χ4n) is 3.96. The van der Waals surface area contributed by atoms with Gasteiger partial charge in [0.25, 0.3) is 0 Å². The molecular weight excluding hydrogens is 272 g/mol. The van der Waals surface area contributed by atoms with Gasteiger partial charge in [-0.05, 0) is 13.3 Å². The zero-order valence-corrected chi connectivity index (χ0v) is 13.0. The number of hydrogen-bond donors (Lipinski definition) is 0. The first-order chi connectivity index (χ1) is 9.62. The molecule has 2 atom stereocenters. The number of hydrogen-bond acceptors (Lipinski definition) is 5. The summed E-state index contributed by atoms with van der Waals surface area (Å²) in [7, 11) is 2.49. The molecule has 1 fully saturated rings. The molecule has 0 radical (unpaired) electrons.